The van der Waals surface area contributed by atoms with Crippen LogP contribution in [-0.2, 0) is 4.79 Å². The van der Waals surface area contributed by atoms with E-state index in [0.717, 1.165) is 6.08 Å². The Hall–Kier alpha value is -2.37. The second-order valence-corrected chi connectivity index (χ2v) is 3.13. The fourth-order valence-corrected chi connectivity index (χ4v) is 1.11. The highest BCUT2D eigenvalue weighted by Gasteiger charge is 2.00. The lowest BCUT2D eigenvalue weighted by molar-refractivity contribution is -0.131. The zero-order valence-electron chi connectivity index (χ0n) is 9.30. The molecule has 6 nitrogen and oxygen atoms in total. The van der Waals surface area contributed by atoms with Gasteiger partial charge in [0.15, 0.2) is 0 Å². The molecule has 0 fully saturated rings. The zero-order valence-corrected chi connectivity index (χ0v) is 9.30. The Bertz CT molecular complexity index is 443. The minimum absolute atomic E-state index is 0.348. The molecule has 0 bridgehead atoms. The van der Waals surface area contributed by atoms with E-state index in [9.17, 15) is 9.59 Å². The first kappa shape index (κ1) is 12.7. The van der Waals surface area contributed by atoms with E-state index in [1.54, 1.807) is 19.1 Å². The van der Waals surface area contributed by atoms with E-state index in [1.165, 1.54) is 12.3 Å². The number of rotatable bonds is 4. The number of carboxylic acids is 1. The highest BCUT2D eigenvalue weighted by molar-refractivity contribution is 5.89. The van der Waals surface area contributed by atoms with Crippen molar-refractivity contribution < 1.29 is 14.7 Å². The number of nitrogens with zero attached hydrogens (tertiary/aromatic N) is 1. The fraction of sp³-hybridized carbons (Fsp3) is 0.182. The van der Waals surface area contributed by atoms with Crippen LogP contribution in [0.4, 0.5) is 10.6 Å². The number of anilines is 1. The molecule has 90 valence electrons. The van der Waals surface area contributed by atoms with Crippen LogP contribution >= 0.6 is 0 Å². The highest BCUT2D eigenvalue weighted by atomic mass is 16.4. The van der Waals surface area contributed by atoms with Crippen LogP contribution in [0.5, 0.6) is 0 Å². The van der Waals surface area contributed by atoms with Crippen molar-refractivity contribution in [2.75, 3.05) is 11.9 Å². The van der Waals surface area contributed by atoms with Crippen molar-refractivity contribution >= 4 is 23.9 Å². The Balaban J connectivity index is 2.72. The summed E-state index contributed by atoms with van der Waals surface area (Å²) >= 11 is 0. The average molecular weight is 235 g/mol. The largest absolute Gasteiger partial charge is 0.478 e. The van der Waals surface area contributed by atoms with E-state index >= 15 is 0 Å². The van der Waals surface area contributed by atoms with Gasteiger partial charge in [-0.05, 0) is 30.7 Å². The molecule has 1 aromatic rings. The van der Waals surface area contributed by atoms with E-state index in [-0.39, 0.29) is 6.03 Å². The van der Waals surface area contributed by atoms with Gasteiger partial charge < -0.3 is 10.4 Å². The van der Waals surface area contributed by atoms with Crippen molar-refractivity contribution in [3.05, 3.63) is 30.0 Å². The molecular formula is C11H13N3O3. The first-order valence-corrected chi connectivity index (χ1v) is 5.03. The third-order valence-electron chi connectivity index (χ3n) is 1.78. The first-order chi connectivity index (χ1) is 8.11. The van der Waals surface area contributed by atoms with Gasteiger partial charge in [-0.15, -0.1) is 0 Å². The molecule has 0 aliphatic heterocycles. The summed E-state index contributed by atoms with van der Waals surface area (Å²) in [6.45, 7) is 2.32. The number of hydrogen-bond donors (Lipinski definition) is 3. The van der Waals surface area contributed by atoms with E-state index < -0.39 is 5.97 Å². The molecule has 6 heteroatoms. The van der Waals surface area contributed by atoms with Crippen LogP contribution in [0, 0.1) is 0 Å². The maximum atomic E-state index is 11.2. The summed E-state index contributed by atoms with van der Waals surface area (Å²) in [5.41, 5.74) is 0.647. The minimum Gasteiger partial charge on any atom is -0.478 e. The quantitative estimate of drug-likeness (QED) is 0.686. The summed E-state index contributed by atoms with van der Waals surface area (Å²) < 4.78 is 0. The zero-order chi connectivity index (χ0) is 12.7. The third-order valence-corrected chi connectivity index (χ3v) is 1.78. The fourth-order valence-electron chi connectivity index (χ4n) is 1.11. The number of aliphatic carboxylic acids is 1. The molecule has 3 N–H and O–H groups in total. The van der Waals surface area contributed by atoms with Crippen LogP contribution in [0.2, 0.25) is 0 Å². The highest BCUT2D eigenvalue weighted by Crippen LogP contribution is 2.08. The van der Waals surface area contributed by atoms with E-state index in [2.05, 4.69) is 15.6 Å². The van der Waals surface area contributed by atoms with Crippen molar-refractivity contribution in [1.29, 1.82) is 0 Å². The van der Waals surface area contributed by atoms with Crippen LogP contribution in [0.3, 0.4) is 0 Å². The van der Waals surface area contributed by atoms with Gasteiger partial charge >= 0.3 is 12.0 Å². The number of nitrogens with one attached hydrogen (secondary N) is 2. The Morgan fingerprint density at radius 2 is 2.29 bits per heavy atom. The van der Waals surface area contributed by atoms with Crippen molar-refractivity contribution in [2.24, 2.45) is 0 Å². The normalized spacial score (nSPS) is 10.2. The Morgan fingerprint density at radius 3 is 2.94 bits per heavy atom. The molecule has 0 radical (unpaired) electrons. The van der Waals surface area contributed by atoms with Gasteiger partial charge in [-0.1, -0.05) is 0 Å². The summed E-state index contributed by atoms with van der Waals surface area (Å²) in [7, 11) is 0. The number of carboxylic acid groups (broad SMARTS) is 1. The predicted molar refractivity (Wildman–Crippen MR) is 63.6 cm³/mol. The predicted octanol–water partition coefficient (Wildman–Crippen LogP) is 1.32. The molecular weight excluding hydrogens is 222 g/mol. The molecule has 1 heterocycles. The SMILES string of the molecule is CCNC(=O)Nc1cc(/C=C/C(=O)O)ccn1. The molecule has 0 aromatic carbocycles. The van der Waals surface area contributed by atoms with Crippen LogP contribution in [-0.4, -0.2) is 28.6 Å². The van der Waals surface area contributed by atoms with Crippen LogP contribution < -0.4 is 10.6 Å². The summed E-state index contributed by atoms with van der Waals surface area (Å²) in [5, 5.41) is 13.6. The molecule has 0 atom stereocenters. The van der Waals surface area contributed by atoms with Gasteiger partial charge in [0, 0.05) is 18.8 Å². The van der Waals surface area contributed by atoms with Gasteiger partial charge in [0.05, 0.1) is 0 Å². The van der Waals surface area contributed by atoms with E-state index in [0.29, 0.717) is 17.9 Å². The first-order valence-electron chi connectivity index (χ1n) is 5.03. The second kappa shape index (κ2) is 6.26. The van der Waals surface area contributed by atoms with Gasteiger partial charge in [-0.25, -0.2) is 14.6 Å². The topological polar surface area (TPSA) is 91.3 Å². The number of carbonyl (C=O) groups is 2. The maximum absolute atomic E-state index is 11.2. The van der Waals surface area contributed by atoms with E-state index in [1.807, 2.05) is 0 Å². The Labute approximate surface area is 98.4 Å². The minimum atomic E-state index is -1.03. The van der Waals surface area contributed by atoms with Crippen LogP contribution in [0.15, 0.2) is 24.4 Å². The second-order valence-electron chi connectivity index (χ2n) is 3.13. The molecule has 0 aliphatic rings. The molecule has 0 saturated heterocycles. The van der Waals surface area contributed by atoms with Crippen molar-refractivity contribution in [3.8, 4) is 0 Å². The number of pyridine rings is 1. The van der Waals surface area contributed by atoms with Crippen LogP contribution in [0.25, 0.3) is 6.08 Å². The van der Waals surface area contributed by atoms with Gasteiger partial charge in [-0.3, -0.25) is 5.32 Å². The monoisotopic (exact) mass is 235 g/mol. The molecule has 0 unspecified atom stereocenters. The van der Waals surface area contributed by atoms with Crippen molar-refractivity contribution in [3.63, 3.8) is 0 Å². The lowest BCUT2D eigenvalue weighted by Crippen LogP contribution is -2.28. The van der Waals surface area contributed by atoms with E-state index in [4.69, 9.17) is 5.11 Å². The number of carbonyl (C=O) groups excluding carboxylic acids is 1. The molecule has 0 saturated carbocycles. The third kappa shape index (κ3) is 4.78. The molecule has 0 aliphatic carbocycles. The van der Waals surface area contributed by atoms with Gasteiger partial charge in [0.25, 0.3) is 0 Å². The molecule has 1 rings (SSSR count). The molecule has 17 heavy (non-hydrogen) atoms. The lowest BCUT2D eigenvalue weighted by Gasteiger charge is -2.05. The smallest absolute Gasteiger partial charge is 0.328 e. The number of amides is 2. The maximum Gasteiger partial charge on any atom is 0.328 e. The Morgan fingerprint density at radius 1 is 1.53 bits per heavy atom. The summed E-state index contributed by atoms with van der Waals surface area (Å²) in [4.78, 5) is 25.5. The Kier molecular flexibility index (Phi) is 4.68. The van der Waals surface area contributed by atoms with Crippen molar-refractivity contribution in [2.45, 2.75) is 6.92 Å². The standard InChI is InChI=1S/C11H13N3O3/c1-2-12-11(17)14-9-7-8(5-6-13-9)3-4-10(15)16/h3-7H,2H2,1H3,(H,15,16)(H2,12,13,14,17)/b4-3+. The summed E-state index contributed by atoms with van der Waals surface area (Å²) in [6.07, 6.45) is 3.93. The number of urea groups is 1. The summed E-state index contributed by atoms with van der Waals surface area (Å²) in [6, 6.07) is 2.87. The molecule has 1 aromatic heterocycles. The molecule has 0 spiro atoms. The number of hydrogen-bond acceptors (Lipinski definition) is 3. The lowest BCUT2D eigenvalue weighted by atomic mass is 10.2. The average Bonchev–Trinajstić information content (AvgIpc) is 2.27. The van der Waals surface area contributed by atoms with Crippen LogP contribution in [0.1, 0.15) is 12.5 Å². The van der Waals surface area contributed by atoms with Crippen molar-refractivity contribution in [1.82, 2.24) is 10.3 Å². The van der Waals surface area contributed by atoms with Gasteiger partial charge in [-0.2, -0.15) is 0 Å². The number of aromatic nitrogens is 1. The summed E-state index contributed by atoms with van der Waals surface area (Å²) in [5.74, 6) is -0.663. The van der Waals surface area contributed by atoms with Gasteiger partial charge in [0.1, 0.15) is 5.82 Å². The molecule has 2 amide bonds. The van der Waals surface area contributed by atoms with Gasteiger partial charge in [0.2, 0.25) is 0 Å².